The van der Waals surface area contributed by atoms with Crippen molar-refractivity contribution in [2.45, 2.75) is 27.3 Å². The Hall–Kier alpha value is -1.81. The Morgan fingerprint density at radius 2 is 1.90 bits per heavy atom. The number of carbonyl (C=O) groups excluding carboxylic acids is 1. The van der Waals surface area contributed by atoms with Crippen LogP contribution in [0, 0.1) is 20.8 Å². The lowest BCUT2D eigenvalue weighted by atomic mass is 10.2. The van der Waals surface area contributed by atoms with E-state index >= 15 is 0 Å². The number of nitrogens with zero attached hydrogens (tertiary/aromatic N) is 2. The van der Waals surface area contributed by atoms with E-state index < -0.39 is 0 Å². The van der Waals surface area contributed by atoms with Crippen molar-refractivity contribution in [3.8, 4) is 0 Å². The highest BCUT2D eigenvalue weighted by molar-refractivity contribution is 6.30. The number of amides is 1. The molecule has 5 heteroatoms. The van der Waals surface area contributed by atoms with Gasteiger partial charge in [-0.3, -0.25) is 9.48 Å². The molecule has 1 N–H and O–H groups in total. The first-order chi connectivity index (χ1) is 9.49. The lowest BCUT2D eigenvalue weighted by Gasteiger charge is -2.07. The van der Waals surface area contributed by atoms with Crippen molar-refractivity contribution in [1.82, 2.24) is 15.1 Å². The van der Waals surface area contributed by atoms with Gasteiger partial charge in [-0.25, -0.2) is 0 Å². The molecule has 106 valence electrons. The summed E-state index contributed by atoms with van der Waals surface area (Å²) in [6.45, 7) is 7.30. The van der Waals surface area contributed by atoms with E-state index in [4.69, 9.17) is 11.6 Å². The van der Waals surface area contributed by atoms with Gasteiger partial charge in [0.15, 0.2) is 0 Å². The monoisotopic (exact) mass is 291 g/mol. The Morgan fingerprint density at radius 3 is 2.45 bits per heavy atom. The maximum Gasteiger partial charge on any atom is 0.251 e. The van der Waals surface area contributed by atoms with Gasteiger partial charge in [0, 0.05) is 22.8 Å². The molecule has 2 rings (SSSR count). The molecule has 1 amide bonds. The number of aromatic nitrogens is 2. The number of halogens is 1. The first-order valence-electron chi connectivity index (χ1n) is 6.53. The van der Waals surface area contributed by atoms with Crippen LogP contribution in [0.5, 0.6) is 0 Å². The van der Waals surface area contributed by atoms with E-state index in [1.807, 2.05) is 18.5 Å². The van der Waals surface area contributed by atoms with Crippen molar-refractivity contribution < 1.29 is 4.79 Å². The van der Waals surface area contributed by atoms with Crippen LogP contribution in [-0.2, 0) is 6.54 Å². The number of nitrogens with one attached hydrogen (secondary N) is 1. The van der Waals surface area contributed by atoms with Gasteiger partial charge in [0.1, 0.15) is 0 Å². The third-order valence-corrected chi connectivity index (χ3v) is 3.71. The second-order valence-corrected chi connectivity index (χ2v) is 5.22. The topological polar surface area (TPSA) is 46.9 Å². The molecule has 0 aliphatic carbocycles. The van der Waals surface area contributed by atoms with Gasteiger partial charge >= 0.3 is 0 Å². The number of hydrogen-bond acceptors (Lipinski definition) is 2. The van der Waals surface area contributed by atoms with E-state index in [0.29, 0.717) is 23.7 Å². The van der Waals surface area contributed by atoms with E-state index in [9.17, 15) is 4.79 Å². The maximum atomic E-state index is 11.9. The average molecular weight is 292 g/mol. The van der Waals surface area contributed by atoms with Crippen LogP contribution in [0.1, 0.15) is 27.3 Å². The molecule has 0 radical (unpaired) electrons. The zero-order valence-corrected chi connectivity index (χ0v) is 12.7. The van der Waals surface area contributed by atoms with E-state index in [2.05, 4.69) is 17.3 Å². The zero-order valence-electron chi connectivity index (χ0n) is 11.9. The lowest BCUT2D eigenvalue weighted by Crippen LogP contribution is -2.27. The normalized spacial score (nSPS) is 10.6. The van der Waals surface area contributed by atoms with Crippen LogP contribution in [0.3, 0.4) is 0 Å². The van der Waals surface area contributed by atoms with Crippen LogP contribution in [-0.4, -0.2) is 22.2 Å². The fraction of sp³-hybridized carbons (Fsp3) is 0.333. The van der Waals surface area contributed by atoms with Crippen molar-refractivity contribution in [3.05, 3.63) is 51.8 Å². The van der Waals surface area contributed by atoms with Crippen molar-refractivity contribution in [3.63, 3.8) is 0 Å². The van der Waals surface area contributed by atoms with E-state index in [1.54, 1.807) is 24.3 Å². The largest absolute Gasteiger partial charge is 0.350 e. The second kappa shape index (κ2) is 6.09. The minimum Gasteiger partial charge on any atom is -0.350 e. The predicted molar refractivity (Wildman–Crippen MR) is 80.2 cm³/mol. The van der Waals surface area contributed by atoms with Crippen LogP contribution in [0.2, 0.25) is 5.02 Å². The van der Waals surface area contributed by atoms with E-state index in [0.717, 1.165) is 11.4 Å². The second-order valence-electron chi connectivity index (χ2n) is 4.78. The fourth-order valence-electron chi connectivity index (χ4n) is 1.98. The summed E-state index contributed by atoms with van der Waals surface area (Å²) in [4.78, 5) is 11.9. The predicted octanol–water partition coefficient (Wildman–Crippen LogP) is 2.89. The van der Waals surface area contributed by atoms with Crippen molar-refractivity contribution in [2.24, 2.45) is 0 Å². The Balaban J connectivity index is 1.91. The van der Waals surface area contributed by atoms with Gasteiger partial charge < -0.3 is 5.32 Å². The van der Waals surface area contributed by atoms with Gasteiger partial charge in [-0.1, -0.05) is 11.6 Å². The molecule has 0 atom stereocenters. The summed E-state index contributed by atoms with van der Waals surface area (Å²) in [6.07, 6.45) is 0. The highest BCUT2D eigenvalue weighted by Crippen LogP contribution is 2.11. The summed E-state index contributed by atoms with van der Waals surface area (Å²) in [5.41, 5.74) is 3.99. The number of benzene rings is 1. The molecule has 0 aliphatic rings. The third-order valence-electron chi connectivity index (χ3n) is 3.46. The lowest BCUT2D eigenvalue weighted by molar-refractivity contribution is 0.0952. The van der Waals surface area contributed by atoms with Crippen LogP contribution < -0.4 is 5.32 Å². The Labute approximate surface area is 123 Å². The van der Waals surface area contributed by atoms with Gasteiger partial charge in [-0.15, -0.1) is 0 Å². The molecule has 0 saturated heterocycles. The molecule has 0 bridgehead atoms. The SMILES string of the molecule is Cc1nn(CCNC(=O)c2ccc(Cl)cc2)c(C)c1C. The summed E-state index contributed by atoms with van der Waals surface area (Å²) in [6, 6.07) is 6.85. The van der Waals surface area contributed by atoms with Crippen molar-refractivity contribution in [1.29, 1.82) is 0 Å². The number of rotatable bonds is 4. The Bertz CT molecular complexity index is 617. The van der Waals surface area contributed by atoms with Gasteiger partial charge in [-0.2, -0.15) is 5.10 Å². The van der Waals surface area contributed by atoms with Crippen LogP contribution in [0.15, 0.2) is 24.3 Å². The van der Waals surface area contributed by atoms with Crippen LogP contribution in [0.4, 0.5) is 0 Å². The molecule has 2 aromatic rings. The minimum absolute atomic E-state index is 0.0973. The van der Waals surface area contributed by atoms with E-state index in [-0.39, 0.29) is 5.91 Å². The number of hydrogen-bond donors (Lipinski definition) is 1. The quantitative estimate of drug-likeness (QED) is 0.941. The molecule has 1 aromatic heterocycles. The smallest absolute Gasteiger partial charge is 0.251 e. The summed E-state index contributed by atoms with van der Waals surface area (Å²) < 4.78 is 1.92. The molecule has 0 aliphatic heterocycles. The maximum absolute atomic E-state index is 11.9. The fourth-order valence-corrected chi connectivity index (χ4v) is 2.11. The molecule has 1 aromatic carbocycles. The first kappa shape index (κ1) is 14.6. The molecule has 20 heavy (non-hydrogen) atoms. The average Bonchev–Trinajstić information content (AvgIpc) is 2.67. The standard InChI is InChI=1S/C15H18ClN3O/c1-10-11(2)18-19(12(10)3)9-8-17-15(20)13-4-6-14(16)7-5-13/h4-7H,8-9H2,1-3H3,(H,17,20). The van der Waals surface area contributed by atoms with Gasteiger partial charge in [0.05, 0.1) is 12.2 Å². The third kappa shape index (κ3) is 3.20. The zero-order chi connectivity index (χ0) is 14.7. The van der Waals surface area contributed by atoms with E-state index in [1.165, 1.54) is 5.56 Å². The number of carbonyl (C=O) groups is 1. The van der Waals surface area contributed by atoms with Crippen molar-refractivity contribution in [2.75, 3.05) is 6.54 Å². The molecule has 4 nitrogen and oxygen atoms in total. The Kier molecular flexibility index (Phi) is 4.45. The molecule has 0 saturated carbocycles. The van der Waals surface area contributed by atoms with Crippen molar-refractivity contribution >= 4 is 17.5 Å². The molecule has 0 fully saturated rings. The molecular formula is C15H18ClN3O. The van der Waals surface area contributed by atoms with Crippen LogP contribution >= 0.6 is 11.6 Å². The van der Waals surface area contributed by atoms with Gasteiger partial charge in [-0.05, 0) is 50.6 Å². The summed E-state index contributed by atoms with van der Waals surface area (Å²) >= 11 is 5.79. The van der Waals surface area contributed by atoms with Gasteiger partial charge in [0.25, 0.3) is 5.91 Å². The molecule has 1 heterocycles. The van der Waals surface area contributed by atoms with Crippen LogP contribution in [0.25, 0.3) is 0 Å². The first-order valence-corrected chi connectivity index (χ1v) is 6.91. The molecule has 0 spiro atoms. The number of aryl methyl sites for hydroxylation is 1. The molecule has 0 unspecified atom stereocenters. The van der Waals surface area contributed by atoms with Gasteiger partial charge in [0.2, 0.25) is 0 Å². The Morgan fingerprint density at radius 1 is 1.25 bits per heavy atom. The minimum atomic E-state index is -0.0973. The summed E-state index contributed by atoms with van der Waals surface area (Å²) in [5, 5.41) is 7.94. The highest BCUT2D eigenvalue weighted by atomic mass is 35.5. The highest BCUT2D eigenvalue weighted by Gasteiger charge is 2.08. The molecular weight excluding hydrogens is 274 g/mol. The summed E-state index contributed by atoms with van der Waals surface area (Å²) in [5.74, 6) is -0.0973. The summed E-state index contributed by atoms with van der Waals surface area (Å²) in [7, 11) is 0.